The van der Waals surface area contributed by atoms with Gasteiger partial charge in [-0.2, -0.15) is 0 Å². The normalized spacial score (nSPS) is 10.1. The molecule has 0 saturated heterocycles. The van der Waals surface area contributed by atoms with E-state index in [9.17, 15) is 0 Å². The molecule has 5 nitrogen and oxygen atoms in total. The second-order valence-electron chi connectivity index (χ2n) is 3.59. The Morgan fingerprint density at radius 1 is 1.18 bits per heavy atom. The summed E-state index contributed by atoms with van der Waals surface area (Å²) >= 11 is 0. The lowest BCUT2D eigenvalue weighted by molar-refractivity contribution is 0.451. The lowest BCUT2D eigenvalue weighted by atomic mass is 10.3. The Hall–Kier alpha value is -2.17. The van der Waals surface area contributed by atoms with Crippen LogP contribution in [0.25, 0.3) is 0 Å². The van der Waals surface area contributed by atoms with Gasteiger partial charge in [0.1, 0.15) is 12.1 Å². The number of aryl methyl sites for hydroxylation is 1. The molecule has 17 heavy (non-hydrogen) atoms. The minimum absolute atomic E-state index is 0.542. The maximum absolute atomic E-state index is 5.73. The topological polar surface area (TPSA) is 59.9 Å². The molecule has 0 aliphatic rings. The number of hydrogen-bond acceptors (Lipinski definition) is 5. The number of nitrogens with one attached hydrogen (secondary N) is 1. The van der Waals surface area contributed by atoms with E-state index in [2.05, 4.69) is 20.3 Å². The quantitative estimate of drug-likeness (QED) is 0.876. The van der Waals surface area contributed by atoms with E-state index in [0.29, 0.717) is 11.6 Å². The lowest BCUT2D eigenvalue weighted by Gasteiger charge is -2.10. The molecule has 2 aromatic heterocycles. The zero-order chi connectivity index (χ0) is 12.3. The van der Waals surface area contributed by atoms with Crippen molar-refractivity contribution in [2.24, 2.45) is 0 Å². The second kappa shape index (κ2) is 4.78. The van der Waals surface area contributed by atoms with Crippen molar-refractivity contribution in [3.05, 3.63) is 35.9 Å². The molecule has 0 amide bonds. The van der Waals surface area contributed by atoms with E-state index in [-0.39, 0.29) is 0 Å². The number of ether oxygens (including phenoxy) is 1. The monoisotopic (exact) mass is 230 g/mol. The van der Waals surface area contributed by atoms with Crippen molar-refractivity contribution in [3.8, 4) is 11.6 Å². The van der Waals surface area contributed by atoms with E-state index in [0.717, 1.165) is 17.1 Å². The van der Waals surface area contributed by atoms with Crippen molar-refractivity contribution in [2.75, 3.05) is 12.4 Å². The third-order valence-electron chi connectivity index (χ3n) is 2.44. The molecule has 2 aromatic rings. The predicted octanol–water partition coefficient (Wildman–Crippen LogP) is 2.32. The minimum atomic E-state index is 0.542. The molecule has 1 N–H and O–H groups in total. The molecule has 0 bridgehead atoms. The van der Waals surface area contributed by atoms with E-state index in [1.54, 1.807) is 6.20 Å². The van der Waals surface area contributed by atoms with Gasteiger partial charge in [0.2, 0.25) is 5.88 Å². The van der Waals surface area contributed by atoms with Crippen LogP contribution in [0.1, 0.15) is 11.3 Å². The van der Waals surface area contributed by atoms with Crippen LogP contribution in [0.2, 0.25) is 0 Å². The Labute approximate surface area is 99.9 Å². The molecule has 0 spiro atoms. The van der Waals surface area contributed by atoms with Crippen LogP contribution >= 0.6 is 0 Å². The maximum atomic E-state index is 5.73. The first-order chi connectivity index (χ1) is 8.22. The van der Waals surface area contributed by atoms with Crippen molar-refractivity contribution in [1.82, 2.24) is 15.0 Å². The average Bonchev–Trinajstić information content (AvgIpc) is 2.34. The summed E-state index contributed by atoms with van der Waals surface area (Å²) in [5.41, 5.74) is 1.70. The fourth-order valence-electron chi connectivity index (χ4n) is 1.47. The van der Waals surface area contributed by atoms with Crippen LogP contribution in [0.5, 0.6) is 11.6 Å². The summed E-state index contributed by atoms with van der Waals surface area (Å²) in [5, 5.41) is 2.99. The highest BCUT2D eigenvalue weighted by Crippen LogP contribution is 2.26. The standard InChI is InChI=1S/C12H14N4O/c1-8-11(13-3)15-7-16-12(8)17-10-5-4-6-14-9(10)2/h4-7H,1-3H3,(H,13,15,16). The molecule has 88 valence electrons. The summed E-state index contributed by atoms with van der Waals surface area (Å²) in [6, 6.07) is 3.70. The number of hydrogen-bond donors (Lipinski definition) is 1. The highest BCUT2D eigenvalue weighted by molar-refractivity contribution is 5.48. The Kier molecular flexibility index (Phi) is 3.18. The molecule has 5 heteroatoms. The van der Waals surface area contributed by atoms with E-state index < -0.39 is 0 Å². The molecule has 0 atom stereocenters. The van der Waals surface area contributed by atoms with E-state index >= 15 is 0 Å². The van der Waals surface area contributed by atoms with Crippen molar-refractivity contribution >= 4 is 5.82 Å². The zero-order valence-corrected chi connectivity index (χ0v) is 10.1. The van der Waals surface area contributed by atoms with E-state index in [1.165, 1.54) is 6.33 Å². The molecule has 2 rings (SSSR count). The van der Waals surface area contributed by atoms with Gasteiger partial charge >= 0.3 is 0 Å². The summed E-state index contributed by atoms with van der Waals surface area (Å²) in [4.78, 5) is 12.4. The van der Waals surface area contributed by atoms with Crippen LogP contribution in [0, 0.1) is 13.8 Å². The van der Waals surface area contributed by atoms with Gasteiger partial charge in [-0.25, -0.2) is 9.97 Å². The summed E-state index contributed by atoms with van der Waals surface area (Å²) < 4.78 is 5.73. The summed E-state index contributed by atoms with van der Waals surface area (Å²) in [7, 11) is 1.81. The van der Waals surface area contributed by atoms with Gasteiger partial charge < -0.3 is 10.1 Å². The van der Waals surface area contributed by atoms with Gasteiger partial charge in [-0.3, -0.25) is 4.98 Å². The fraction of sp³-hybridized carbons (Fsp3) is 0.250. The number of anilines is 1. The first-order valence-electron chi connectivity index (χ1n) is 5.31. The lowest BCUT2D eigenvalue weighted by Crippen LogP contribution is -2.00. The third-order valence-corrected chi connectivity index (χ3v) is 2.44. The van der Waals surface area contributed by atoms with Gasteiger partial charge in [0, 0.05) is 13.2 Å². The molecule has 0 radical (unpaired) electrons. The summed E-state index contributed by atoms with van der Waals surface area (Å²) in [6.07, 6.45) is 3.20. The fourth-order valence-corrected chi connectivity index (χ4v) is 1.47. The van der Waals surface area contributed by atoms with Crippen LogP contribution < -0.4 is 10.1 Å². The minimum Gasteiger partial charge on any atom is -0.437 e. The molecule has 0 aliphatic heterocycles. The van der Waals surface area contributed by atoms with Crippen LogP contribution in [-0.2, 0) is 0 Å². The Morgan fingerprint density at radius 3 is 2.71 bits per heavy atom. The van der Waals surface area contributed by atoms with Gasteiger partial charge in [0.25, 0.3) is 0 Å². The van der Waals surface area contributed by atoms with Crippen molar-refractivity contribution in [1.29, 1.82) is 0 Å². The van der Waals surface area contributed by atoms with E-state index in [4.69, 9.17) is 4.74 Å². The van der Waals surface area contributed by atoms with Gasteiger partial charge in [0.05, 0.1) is 11.3 Å². The summed E-state index contributed by atoms with van der Waals surface area (Å²) in [5.74, 6) is 2.01. The SMILES string of the molecule is CNc1ncnc(Oc2cccnc2C)c1C. The molecule has 2 heterocycles. The van der Waals surface area contributed by atoms with Crippen LogP contribution in [0.15, 0.2) is 24.7 Å². The first-order valence-corrected chi connectivity index (χ1v) is 5.31. The first kappa shape index (κ1) is 11.3. The Bertz CT molecular complexity index is 528. The van der Waals surface area contributed by atoms with Gasteiger partial charge in [-0.05, 0) is 26.0 Å². The van der Waals surface area contributed by atoms with Gasteiger partial charge in [-0.1, -0.05) is 0 Å². The molecule has 0 fully saturated rings. The Morgan fingerprint density at radius 2 is 2.00 bits per heavy atom. The van der Waals surface area contributed by atoms with Gasteiger partial charge in [-0.15, -0.1) is 0 Å². The predicted molar refractivity (Wildman–Crippen MR) is 65.4 cm³/mol. The van der Waals surface area contributed by atoms with Crippen molar-refractivity contribution in [2.45, 2.75) is 13.8 Å². The van der Waals surface area contributed by atoms with Crippen LogP contribution in [-0.4, -0.2) is 22.0 Å². The molecule has 0 saturated carbocycles. The molecule has 0 aromatic carbocycles. The van der Waals surface area contributed by atoms with Crippen LogP contribution in [0.4, 0.5) is 5.82 Å². The average molecular weight is 230 g/mol. The Balaban J connectivity index is 2.34. The molecular formula is C12H14N4O. The number of nitrogens with zero attached hydrogens (tertiary/aromatic N) is 3. The molecule has 0 unspecified atom stereocenters. The third kappa shape index (κ3) is 2.33. The highest BCUT2D eigenvalue weighted by atomic mass is 16.5. The smallest absolute Gasteiger partial charge is 0.227 e. The number of rotatable bonds is 3. The van der Waals surface area contributed by atoms with Crippen LogP contribution in [0.3, 0.4) is 0 Å². The second-order valence-corrected chi connectivity index (χ2v) is 3.59. The van der Waals surface area contributed by atoms with Crippen molar-refractivity contribution < 1.29 is 4.74 Å². The molecule has 0 aliphatic carbocycles. The number of pyridine rings is 1. The van der Waals surface area contributed by atoms with E-state index in [1.807, 2.05) is 33.0 Å². The van der Waals surface area contributed by atoms with Crippen molar-refractivity contribution in [3.63, 3.8) is 0 Å². The largest absolute Gasteiger partial charge is 0.437 e. The molecular weight excluding hydrogens is 216 g/mol. The summed E-state index contributed by atoms with van der Waals surface area (Å²) in [6.45, 7) is 3.80. The zero-order valence-electron chi connectivity index (χ0n) is 10.1. The number of aromatic nitrogens is 3. The van der Waals surface area contributed by atoms with Gasteiger partial charge in [0.15, 0.2) is 5.75 Å². The maximum Gasteiger partial charge on any atom is 0.227 e. The highest BCUT2D eigenvalue weighted by Gasteiger charge is 2.09.